The van der Waals surface area contributed by atoms with Gasteiger partial charge in [-0.1, -0.05) is 31.5 Å². The topological polar surface area (TPSA) is 21.3 Å². The van der Waals surface area contributed by atoms with Crippen LogP contribution in [-0.2, 0) is 0 Å². The molecule has 1 aliphatic heterocycles. The van der Waals surface area contributed by atoms with Crippen LogP contribution in [0.5, 0.6) is 5.75 Å². The van der Waals surface area contributed by atoms with E-state index in [1.807, 2.05) is 12.1 Å². The zero-order valence-electron chi connectivity index (χ0n) is 11.2. The molecule has 1 fully saturated rings. The van der Waals surface area contributed by atoms with Gasteiger partial charge in [0.05, 0.1) is 11.6 Å². The normalized spacial score (nSPS) is 20.9. The number of hydrogen-bond acceptors (Lipinski definition) is 2. The van der Waals surface area contributed by atoms with E-state index < -0.39 is 0 Å². The Hall–Kier alpha value is -0.730. The number of ether oxygens (including phenoxy) is 1. The van der Waals surface area contributed by atoms with Crippen molar-refractivity contribution in [3.63, 3.8) is 0 Å². The van der Waals surface area contributed by atoms with E-state index in [2.05, 4.69) is 25.2 Å². The molecule has 0 aliphatic carbocycles. The highest BCUT2D eigenvalue weighted by molar-refractivity contribution is 6.32. The summed E-state index contributed by atoms with van der Waals surface area (Å²) >= 11 is 6.28. The lowest BCUT2D eigenvalue weighted by Crippen LogP contribution is -2.15. The van der Waals surface area contributed by atoms with E-state index in [1.165, 1.54) is 12.0 Å². The Balaban J connectivity index is 1.96. The standard InChI is InChI=1S/C15H22ClNO/c1-3-11(2)13-4-5-15(14(16)8-13)18-10-12-6-7-17-9-12/h4-5,8,11-12,17H,3,6-7,9-10H2,1-2H3/t11-,12-/m0/s1. The third kappa shape index (κ3) is 3.39. The predicted molar refractivity (Wildman–Crippen MR) is 76.6 cm³/mol. The zero-order valence-corrected chi connectivity index (χ0v) is 12.0. The second-order valence-corrected chi connectivity index (χ2v) is 5.58. The van der Waals surface area contributed by atoms with Crippen LogP contribution in [0.3, 0.4) is 0 Å². The summed E-state index contributed by atoms with van der Waals surface area (Å²) in [5.74, 6) is 1.99. The van der Waals surface area contributed by atoms with Gasteiger partial charge in [0, 0.05) is 12.5 Å². The minimum Gasteiger partial charge on any atom is -0.492 e. The minimum atomic E-state index is 0.551. The molecule has 0 aromatic heterocycles. The van der Waals surface area contributed by atoms with E-state index in [-0.39, 0.29) is 0 Å². The first-order valence-electron chi connectivity index (χ1n) is 6.83. The van der Waals surface area contributed by atoms with Crippen LogP contribution >= 0.6 is 11.6 Å². The maximum atomic E-state index is 6.28. The summed E-state index contributed by atoms with van der Waals surface area (Å²) in [6.07, 6.45) is 2.33. The van der Waals surface area contributed by atoms with Crippen molar-refractivity contribution in [2.45, 2.75) is 32.6 Å². The Morgan fingerprint density at radius 3 is 2.94 bits per heavy atom. The minimum absolute atomic E-state index is 0.551. The van der Waals surface area contributed by atoms with Crippen LogP contribution in [0.25, 0.3) is 0 Å². The van der Waals surface area contributed by atoms with Gasteiger partial charge in [0.15, 0.2) is 0 Å². The van der Waals surface area contributed by atoms with Gasteiger partial charge in [-0.3, -0.25) is 0 Å². The smallest absolute Gasteiger partial charge is 0.137 e. The van der Waals surface area contributed by atoms with Crippen LogP contribution in [0.4, 0.5) is 0 Å². The lowest BCUT2D eigenvalue weighted by atomic mass is 9.99. The molecule has 0 radical (unpaired) electrons. The van der Waals surface area contributed by atoms with Crippen LogP contribution < -0.4 is 10.1 Å². The van der Waals surface area contributed by atoms with Crippen molar-refractivity contribution in [2.75, 3.05) is 19.7 Å². The van der Waals surface area contributed by atoms with Crippen LogP contribution in [0, 0.1) is 5.92 Å². The Bertz CT molecular complexity index is 388. The molecule has 1 aromatic rings. The zero-order chi connectivity index (χ0) is 13.0. The molecule has 0 spiro atoms. The molecule has 2 rings (SSSR count). The number of benzene rings is 1. The summed E-state index contributed by atoms with van der Waals surface area (Å²) in [5.41, 5.74) is 1.29. The highest BCUT2D eigenvalue weighted by Crippen LogP contribution is 2.30. The lowest BCUT2D eigenvalue weighted by molar-refractivity contribution is 0.260. The van der Waals surface area contributed by atoms with Gasteiger partial charge in [0.1, 0.15) is 5.75 Å². The van der Waals surface area contributed by atoms with Crippen molar-refractivity contribution in [3.05, 3.63) is 28.8 Å². The average Bonchev–Trinajstić information content (AvgIpc) is 2.89. The molecule has 1 N–H and O–H groups in total. The van der Waals surface area contributed by atoms with E-state index in [0.29, 0.717) is 11.8 Å². The van der Waals surface area contributed by atoms with Gasteiger partial charge in [0.2, 0.25) is 0 Å². The lowest BCUT2D eigenvalue weighted by Gasteiger charge is -2.14. The molecule has 0 saturated carbocycles. The largest absolute Gasteiger partial charge is 0.492 e. The van der Waals surface area contributed by atoms with Crippen molar-refractivity contribution in [1.29, 1.82) is 0 Å². The summed E-state index contributed by atoms with van der Waals surface area (Å²) in [6, 6.07) is 6.17. The molecule has 1 aromatic carbocycles. The molecule has 1 aliphatic rings. The quantitative estimate of drug-likeness (QED) is 0.875. The Morgan fingerprint density at radius 2 is 2.33 bits per heavy atom. The first-order valence-corrected chi connectivity index (χ1v) is 7.21. The molecule has 18 heavy (non-hydrogen) atoms. The molecular formula is C15H22ClNO. The second-order valence-electron chi connectivity index (χ2n) is 5.17. The number of halogens is 1. The first-order chi connectivity index (χ1) is 8.70. The fourth-order valence-corrected chi connectivity index (χ4v) is 2.48. The molecule has 3 heteroatoms. The van der Waals surface area contributed by atoms with E-state index in [1.54, 1.807) is 0 Å². The van der Waals surface area contributed by atoms with E-state index in [4.69, 9.17) is 16.3 Å². The fourth-order valence-electron chi connectivity index (χ4n) is 2.24. The Morgan fingerprint density at radius 1 is 1.50 bits per heavy atom. The van der Waals surface area contributed by atoms with E-state index in [9.17, 15) is 0 Å². The molecule has 100 valence electrons. The molecule has 0 amide bonds. The maximum absolute atomic E-state index is 6.28. The van der Waals surface area contributed by atoms with Gasteiger partial charge in [-0.2, -0.15) is 0 Å². The summed E-state index contributed by atoms with van der Waals surface area (Å²) in [6.45, 7) is 7.33. The highest BCUT2D eigenvalue weighted by Gasteiger charge is 2.16. The van der Waals surface area contributed by atoms with Gasteiger partial charge in [0.25, 0.3) is 0 Å². The summed E-state index contributed by atoms with van der Waals surface area (Å²) < 4.78 is 5.82. The highest BCUT2D eigenvalue weighted by atomic mass is 35.5. The molecule has 1 heterocycles. The predicted octanol–water partition coefficient (Wildman–Crippen LogP) is 3.84. The third-order valence-corrected chi connectivity index (χ3v) is 4.07. The number of hydrogen-bond donors (Lipinski definition) is 1. The van der Waals surface area contributed by atoms with Crippen LogP contribution in [-0.4, -0.2) is 19.7 Å². The Kier molecular flexibility index (Phi) is 4.90. The number of nitrogens with one attached hydrogen (secondary N) is 1. The van der Waals surface area contributed by atoms with Crippen LogP contribution in [0.15, 0.2) is 18.2 Å². The summed E-state index contributed by atoms with van der Waals surface area (Å²) in [5, 5.41) is 4.08. The van der Waals surface area contributed by atoms with Crippen molar-refractivity contribution < 1.29 is 4.74 Å². The van der Waals surface area contributed by atoms with Crippen LogP contribution in [0.2, 0.25) is 5.02 Å². The van der Waals surface area contributed by atoms with Gasteiger partial charge in [-0.15, -0.1) is 0 Å². The molecule has 1 saturated heterocycles. The van der Waals surface area contributed by atoms with Crippen LogP contribution in [0.1, 0.15) is 38.2 Å². The summed E-state index contributed by atoms with van der Waals surface area (Å²) in [7, 11) is 0. The molecule has 0 unspecified atom stereocenters. The van der Waals surface area contributed by atoms with Gasteiger partial charge < -0.3 is 10.1 Å². The van der Waals surface area contributed by atoms with E-state index in [0.717, 1.165) is 36.9 Å². The molecule has 0 bridgehead atoms. The SMILES string of the molecule is CC[C@H](C)c1ccc(OC[C@H]2CCNC2)c(Cl)c1. The van der Waals surface area contributed by atoms with Crippen molar-refractivity contribution in [1.82, 2.24) is 5.32 Å². The van der Waals surface area contributed by atoms with Gasteiger partial charge in [-0.05, 0) is 43.0 Å². The van der Waals surface area contributed by atoms with Crippen molar-refractivity contribution in [2.24, 2.45) is 5.92 Å². The molecule has 2 atom stereocenters. The fraction of sp³-hybridized carbons (Fsp3) is 0.600. The Labute approximate surface area is 115 Å². The molecular weight excluding hydrogens is 246 g/mol. The van der Waals surface area contributed by atoms with E-state index >= 15 is 0 Å². The number of rotatable bonds is 5. The van der Waals surface area contributed by atoms with Crippen molar-refractivity contribution >= 4 is 11.6 Å². The van der Waals surface area contributed by atoms with Gasteiger partial charge in [-0.25, -0.2) is 0 Å². The van der Waals surface area contributed by atoms with Crippen molar-refractivity contribution in [3.8, 4) is 5.75 Å². The maximum Gasteiger partial charge on any atom is 0.137 e. The molecule has 2 nitrogen and oxygen atoms in total. The average molecular weight is 268 g/mol. The first kappa shape index (κ1) is 13.7. The second kappa shape index (κ2) is 6.44. The monoisotopic (exact) mass is 267 g/mol. The van der Waals surface area contributed by atoms with Gasteiger partial charge >= 0.3 is 0 Å². The third-order valence-electron chi connectivity index (χ3n) is 3.77. The summed E-state index contributed by atoms with van der Waals surface area (Å²) in [4.78, 5) is 0.